The molecule has 0 amide bonds. The number of anilines is 1. The van der Waals surface area contributed by atoms with Crippen LogP contribution in [0.1, 0.15) is 22.5 Å². The van der Waals surface area contributed by atoms with Gasteiger partial charge in [0.1, 0.15) is 5.76 Å². The summed E-state index contributed by atoms with van der Waals surface area (Å²) in [6, 6.07) is 19.7. The maximum Gasteiger partial charge on any atom is 0.253 e. The van der Waals surface area contributed by atoms with Crippen molar-refractivity contribution in [2.45, 2.75) is 26.9 Å². The van der Waals surface area contributed by atoms with Crippen molar-refractivity contribution in [3.05, 3.63) is 99.7 Å². The first-order valence-electron chi connectivity index (χ1n) is 9.75. The van der Waals surface area contributed by atoms with Crippen LogP contribution in [-0.2, 0) is 13.1 Å². The van der Waals surface area contributed by atoms with Gasteiger partial charge in [-0.15, -0.1) is 0 Å². The van der Waals surface area contributed by atoms with Gasteiger partial charge >= 0.3 is 0 Å². The molecule has 4 rings (SSSR count). The maximum atomic E-state index is 12.7. The molecule has 2 N–H and O–H groups in total. The predicted molar refractivity (Wildman–Crippen MR) is 125 cm³/mol. The Bertz CT molecular complexity index is 1250. The van der Waals surface area contributed by atoms with Crippen molar-refractivity contribution in [3.8, 4) is 0 Å². The first-order chi connectivity index (χ1) is 14.5. The summed E-state index contributed by atoms with van der Waals surface area (Å²) in [7, 11) is 0. The summed E-state index contributed by atoms with van der Waals surface area (Å²) < 4.78 is 5.52. The molecule has 0 aliphatic carbocycles. The average Bonchev–Trinajstić information content (AvgIpc) is 3.21. The SMILES string of the molecule is Cc1cccc(NC(=S)N(Cc2ccco2)Cc2cc3cc(C)ccc3[nH]c2=O)c1. The zero-order valence-corrected chi connectivity index (χ0v) is 17.8. The Hall–Kier alpha value is -3.38. The van der Waals surface area contributed by atoms with Crippen LogP contribution < -0.4 is 10.9 Å². The van der Waals surface area contributed by atoms with E-state index in [1.165, 1.54) is 0 Å². The van der Waals surface area contributed by atoms with Crippen LogP contribution >= 0.6 is 12.2 Å². The fourth-order valence-corrected chi connectivity index (χ4v) is 3.66. The highest BCUT2D eigenvalue weighted by Crippen LogP contribution is 2.17. The maximum absolute atomic E-state index is 12.7. The van der Waals surface area contributed by atoms with Crippen molar-refractivity contribution in [2.75, 3.05) is 5.32 Å². The monoisotopic (exact) mass is 417 g/mol. The summed E-state index contributed by atoms with van der Waals surface area (Å²) in [4.78, 5) is 17.6. The van der Waals surface area contributed by atoms with Gasteiger partial charge in [-0.2, -0.15) is 0 Å². The smallest absolute Gasteiger partial charge is 0.253 e. The number of benzene rings is 2. The standard InChI is InChI=1S/C24H23N3O2S/c1-16-5-3-6-20(12-16)25-24(30)27(15-21-7-4-10-29-21)14-19-13-18-11-17(2)8-9-22(18)26-23(19)28/h3-13H,14-15H2,1-2H3,(H,25,30)(H,26,28). The number of rotatable bonds is 5. The van der Waals surface area contributed by atoms with Gasteiger partial charge < -0.3 is 19.6 Å². The van der Waals surface area contributed by atoms with Gasteiger partial charge in [-0.1, -0.05) is 23.8 Å². The number of nitrogens with one attached hydrogen (secondary N) is 2. The Morgan fingerprint density at radius 3 is 2.63 bits per heavy atom. The largest absolute Gasteiger partial charge is 0.467 e. The van der Waals surface area contributed by atoms with Crippen molar-refractivity contribution in [1.29, 1.82) is 0 Å². The molecule has 0 radical (unpaired) electrons. The number of hydrogen-bond donors (Lipinski definition) is 2. The van der Waals surface area contributed by atoms with Crippen LogP contribution in [0, 0.1) is 13.8 Å². The van der Waals surface area contributed by atoms with Gasteiger partial charge in [0.05, 0.1) is 19.4 Å². The molecule has 4 aromatic rings. The van der Waals surface area contributed by atoms with E-state index in [-0.39, 0.29) is 5.56 Å². The van der Waals surface area contributed by atoms with E-state index in [1.807, 2.05) is 73.3 Å². The van der Waals surface area contributed by atoms with E-state index in [2.05, 4.69) is 16.4 Å². The molecule has 0 unspecified atom stereocenters. The Morgan fingerprint density at radius 1 is 1.03 bits per heavy atom. The van der Waals surface area contributed by atoms with E-state index in [0.717, 1.165) is 33.5 Å². The Balaban J connectivity index is 1.64. The third-order valence-corrected chi connectivity index (χ3v) is 5.28. The van der Waals surface area contributed by atoms with E-state index in [4.69, 9.17) is 16.6 Å². The second-order valence-electron chi connectivity index (χ2n) is 7.45. The third kappa shape index (κ3) is 4.60. The molecule has 2 heterocycles. The lowest BCUT2D eigenvalue weighted by molar-refractivity contribution is 0.359. The first kappa shape index (κ1) is 19.9. The van der Waals surface area contributed by atoms with Gasteiger partial charge in [-0.25, -0.2) is 0 Å². The van der Waals surface area contributed by atoms with Crippen LogP contribution in [0.25, 0.3) is 10.9 Å². The quantitative estimate of drug-likeness (QED) is 0.441. The molecular formula is C24H23N3O2S. The summed E-state index contributed by atoms with van der Waals surface area (Å²) in [5.41, 5.74) is 4.55. The highest BCUT2D eigenvalue weighted by molar-refractivity contribution is 7.80. The van der Waals surface area contributed by atoms with Gasteiger partial charge in [0, 0.05) is 16.8 Å². The van der Waals surface area contributed by atoms with E-state index in [9.17, 15) is 4.79 Å². The number of aromatic amines is 1. The van der Waals surface area contributed by atoms with Crippen molar-refractivity contribution in [2.24, 2.45) is 0 Å². The third-order valence-electron chi connectivity index (χ3n) is 4.92. The number of H-pyrrole nitrogens is 1. The summed E-state index contributed by atoms with van der Waals surface area (Å²) in [6.07, 6.45) is 1.64. The van der Waals surface area contributed by atoms with Crippen molar-refractivity contribution in [3.63, 3.8) is 0 Å². The molecule has 30 heavy (non-hydrogen) atoms. The molecule has 0 aliphatic rings. The lowest BCUT2D eigenvalue weighted by atomic mass is 10.1. The summed E-state index contributed by atoms with van der Waals surface area (Å²) in [6.45, 7) is 4.88. The summed E-state index contributed by atoms with van der Waals surface area (Å²) in [5, 5.41) is 4.81. The zero-order chi connectivity index (χ0) is 21.1. The molecule has 152 valence electrons. The highest BCUT2D eigenvalue weighted by atomic mass is 32.1. The van der Waals surface area contributed by atoms with E-state index >= 15 is 0 Å². The van der Waals surface area contributed by atoms with Gasteiger partial charge in [0.15, 0.2) is 5.11 Å². The number of thiocarbonyl (C=S) groups is 1. The van der Waals surface area contributed by atoms with E-state index < -0.39 is 0 Å². The van der Waals surface area contributed by atoms with Gasteiger partial charge in [0.25, 0.3) is 5.56 Å². The number of nitrogens with zero attached hydrogens (tertiary/aromatic N) is 1. The lowest BCUT2D eigenvalue weighted by Gasteiger charge is -2.25. The number of aryl methyl sites for hydroxylation is 2. The van der Waals surface area contributed by atoms with Crippen LogP contribution in [-0.4, -0.2) is 15.0 Å². The topological polar surface area (TPSA) is 61.3 Å². The average molecular weight is 418 g/mol. The number of pyridine rings is 1. The highest BCUT2D eigenvalue weighted by Gasteiger charge is 2.16. The molecule has 0 saturated heterocycles. The van der Waals surface area contributed by atoms with Crippen LogP contribution in [0.5, 0.6) is 0 Å². The minimum absolute atomic E-state index is 0.117. The number of fused-ring (bicyclic) bond motifs is 1. The van der Waals surface area contributed by atoms with Gasteiger partial charge in [-0.05, 0) is 79.5 Å². The molecule has 2 aromatic carbocycles. The van der Waals surface area contributed by atoms with Gasteiger partial charge in [-0.3, -0.25) is 4.79 Å². The number of furan rings is 1. The van der Waals surface area contributed by atoms with Crippen molar-refractivity contribution in [1.82, 2.24) is 9.88 Å². The molecule has 0 saturated carbocycles. The predicted octanol–water partition coefficient (Wildman–Crippen LogP) is 5.14. The molecular weight excluding hydrogens is 394 g/mol. The molecule has 5 nitrogen and oxygen atoms in total. The first-order valence-corrected chi connectivity index (χ1v) is 10.2. The van der Waals surface area contributed by atoms with Crippen LogP contribution in [0.2, 0.25) is 0 Å². The summed E-state index contributed by atoms with van der Waals surface area (Å²) >= 11 is 5.69. The number of aromatic nitrogens is 1. The van der Waals surface area contributed by atoms with Crippen LogP contribution in [0.15, 0.2) is 76.1 Å². The Kier molecular flexibility index (Phi) is 5.68. The second kappa shape index (κ2) is 8.55. The minimum Gasteiger partial charge on any atom is -0.467 e. The van der Waals surface area contributed by atoms with Crippen LogP contribution in [0.4, 0.5) is 5.69 Å². The molecule has 0 fully saturated rings. The fraction of sp³-hybridized carbons (Fsp3) is 0.167. The summed E-state index contributed by atoms with van der Waals surface area (Å²) in [5.74, 6) is 0.774. The van der Waals surface area contributed by atoms with Crippen LogP contribution in [0.3, 0.4) is 0 Å². The van der Waals surface area contributed by atoms with Gasteiger partial charge in [0.2, 0.25) is 0 Å². The molecule has 2 aromatic heterocycles. The Labute approximate surface area is 180 Å². The number of hydrogen-bond acceptors (Lipinski definition) is 3. The normalized spacial score (nSPS) is 10.9. The molecule has 0 spiro atoms. The van der Waals surface area contributed by atoms with E-state index in [1.54, 1.807) is 6.26 Å². The second-order valence-corrected chi connectivity index (χ2v) is 7.84. The molecule has 0 aliphatic heterocycles. The van der Waals surface area contributed by atoms with Crippen molar-refractivity contribution < 1.29 is 4.42 Å². The Morgan fingerprint density at radius 2 is 1.87 bits per heavy atom. The lowest BCUT2D eigenvalue weighted by Crippen LogP contribution is -2.35. The van der Waals surface area contributed by atoms with E-state index in [0.29, 0.717) is 23.8 Å². The fourth-order valence-electron chi connectivity index (χ4n) is 3.41. The zero-order valence-electron chi connectivity index (χ0n) is 16.9. The van der Waals surface area contributed by atoms with Crippen molar-refractivity contribution >= 4 is 33.9 Å². The molecule has 0 bridgehead atoms. The molecule has 6 heteroatoms. The minimum atomic E-state index is -0.117. The molecule has 0 atom stereocenters.